The lowest BCUT2D eigenvalue weighted by Crippen LogP contribution is -2.08. The fourth-order valence-electron chi connectivity index (χ4n) is 3.07. The van der Waals surface area contributed by atoms with Gasteiger partial charge in [-0.25, -0.2) is 0 Å². The molecule has 0 saturated heterocycles. The molecule has 6 nitrogen and oxygen atoms in total. The van der Waals surface area contributed by atoms with Crippen LogP contribution >= 0.6 is 0 Å². The monoisotopic (exact) mass is 321 g/mol. The number of rotatable bonds is 4. The maximum atomic E-state index is 5.88. The molecule has 24 heavy (non-hydrogen) atoms. The Bertz CT molecular complexity index is 888. The first-order chi connectivity index (χ1) is 11.8. The van der Waals surface area contributed by atoms with Gasteiger partial charge in [0.15, 0.2) is 11.5 Å². The highest BCUT2D eigenvalue weighted by molar-refractivity contribution is 5.59. The molecule has 0 spiro atoms. The van der Waals surface area contributed by atoms with E-state index in [9.17, 15) is 0 Å². The van der Waals surface area contributed by atoms with Gasteiger partial charge in [-0.1, -0.05) is 35.4 Å². The number of nitrogens with zero attached hydrogens (tertiary/aromatic N) is 2. The van der Waals surface area contributed by atoms with Gasteiger partial charge >= 0.3 is 6.01 Å². The summed E-state index contributed by atoms with van der Waals surface area (Å²) in [5, 5.41) is 11.5. The SMILES string of the molecule is c1ccc(C2(c3nnc(Nc4ccc5c(c4)OCO5)o3)CC2)cc1. The van der Waals surface area contributed by atoms with Crippen molar-refractivity contribution in [1.29, 1.82) is 0 Å². The van der Waals surface area contributed by atoms with E-state index in [4.69, 9.17) is 13.9 Å². The number of hydrogen-bond donors (Lipinski definition) is 1. The first kappa shape index (κ1) is 13.4. The Kier molecular flexibility index (Phi) is 2.79. The zero-order chi connectivity index (χ0) is 16.0. The molecule has 0 atom stereocenters. The Morgan fingerprint density at radius 1 is 0.917 bits per heavy atom. The fourth-order valence-corrected chi connectivity index (χ4v) is 3.07. The van der Waals surface area contributed by atoms with E-state index in [1.165, 1.54) is 5.56 Å². The minimum Gasteiger partial charge on any atom is -0.454 e. The topological polar surface area (TPSA) is 69.4 Å². The van der Waals surface area contributed by atoms with Crippen LogP contribution in [0.25, 0.3) is 0 Å². The number of aromatic nitrogens is 2. The molecule has 6 heteroatoms. The predicted molar refractivity (Wildman–Crippen MR) is 86.6 cm³/mol. The van der Waals surface area contributed by atoms with Crippen LogP contribution in [0.3, 0.4) is 0 Å². The average Bonchev–Trinajstić information content (AvgIpc) is 3.07. The lowest BCUT2D eigenvalue weighted by Gasteiger charge is -2.10. The summed E-state index contributed by atoms with van der Waals surface area (Å²) in [6.45, 7) is 0.253. The van der Waals surface area contributed by atoms with Crippen LogP contribution in [0.1, 0.15) is 24.3 Å². The molecule has 1 aliphatic carbocycles. The molecule has 1 fully saturated rings. The summed E-state index contributed by atoms with van der Waals surface area (Å²) >= 11 is 0. The van der Waals surface area contributed by atoms with Crippen molar-refractivity contribution in [3.05, 3.63) is 60.0 Å². The van der Waals surface area contributed by atoms with E-state index in [0.29, 0.717) is 17.7 Å². The summed E-state index contributed by atoms with van der Waals surface area (Å²) in [4.78, 5) is 0. The minimum absolute atomic E-state index is 0.122. The molecule has 1 N–H and O–H groups in total. The molecule has 1 aliphatic heterocycles. The Morgan fingerprint density at radius 2 is 1.75 bits per heavy atom. The smallest absolute Gasteiger partial charge is 0.320 e. The van der Waals surface area contributed by atoms with E-state index in [2.05, 4.69) is 27.6 Å². The van der Waals surface area contributed by atoms with Gasteiger partial charge in [0, 0.05) is 11.8 Å². The van der Waals surface area contributed by atoms with Gasteiger partial charge < -0.3 is 19.2 Å². The number of hydrogen-bond acceptors (Lipinski definition) is 6. The second-order valence-electron chi connectivity index (χ2n) is 6.05. The molecule has 2 aliphatic rings. The van der Waals surface area contributed by atoms with E-state index in [-0.39, 0.29) is 12.2 Å². The van der Waals surface area contributed by atoms with E-state index in [1.54, 1.807) is 0 Å². The molecule has 5 rings (SSSR count). The van der Waals surface area contributed by atoms with Crippen molar-refractivity contribution in [2.75, 3.05) is 12.1 Å². The van der Waals surface area contributed by atoms with Crippen molar-refractivity contribution in [1.82, 2.24) is 10.2 Å². The summed E-state index contributed by atoms with van der Waals surface area (Å²) in [6.07, 6.45) is 2.06. The third kappa shape index (κ3) is 2.11. The van der Waals surface area contributed by atoms with Crippen molar-refractivity contribution < 1.29 is 13.9 Å². The molecule has 1 aromatic heterocycles. The Balaban J connectivity index is 1.40. The molecular weight excluding hydrogens is 306 g/mol. The normalized spacial score (nSPS) is 16.8. The molecule has 3 aromatic rings. The second kappa shape index (κ2) is 4.99. The van der Waals surface area contributed by atoms with Crippen LogP contribution in [0.4, 0.5) is 11.7 Å². The molecule has 0 amide bonds. The van der Waals surface area contributed by atoms with Gasteiger partial charge in [-0.15, -0.1) is 5.10 Å². The lowest BCUT2D eigenvalue weighted by atomic mass is 9.96. The number of benzene rings is 2. The average molecular weight is 321 g/mol. The summed E-state index contributed by atoms with van der Waals surface area (Å²) in [5.41, 5.74) is 1.92. The number of anilines is 2. The summed E-state index contributed by atoms with van der Waals surface area (Å²) in [6, 6.07) is 16.3. The standard InChI is InChI=1S/C18H15N3O3/c1-2-4-12(5-3-1)18(8-9-18)16-20-21-17(24-16)19-13-6-7-14-15(10-13)23-11-22-14/h1-7,10H,8-9,11H2,(H,19,21). The molecule has 0 unspecified atom stereocenters. The van der Waals surface area contributed by atoms with Gasteiger partial charge in [-0.2, -0.15) is 0 Å². The van der Waals surface area contributed by atoms with Gasteiger partial charge in [0.2, 0.25) is 12.7 Å². The lowest BCUT2D eigenvalue weighted by molar-refractivity contribution is 0.174. The van der Waals surface area contributed by atoms with Gasteiger partial charge in [0.05, 0.1) is 5.41 Å². The first-order valence-electron chi connectivity index (χ1n) is 7.90. The maximum Gasteiger partial charge on any atom is 0.320 e. The molecule has 0 bridgehead atoms. The molecule has 2 heterocycles. The number of nitrogens with one attached hydrogen (secondary N) is 1. The zero-order valence-electron chi connectivity index (χ0n) is 12.9. The van der Waals surface area contributed by atoms with E-state index in [1.807, 2.05) is 36.4 Å². The Hall–Kier alpha value is -3.02. The third-order valence-electron chi connectivity index (χ3n) is 4.53. The molecule has 0 radical (unpaired) electrons. The summed E-state index contributed by atoms with van der Waals surface area (Å²) < 4.78 is 16.6. The number of ether oxygens (including phenoxy) is 2. The zero-order valence-corrected chi connectivity index (χ0v) is 12.9. The third-order valence-corrected chi connectivity index (χ3v) is 4.53. The number of fused-ring (bicyclic) bond motifs is 1. The van der Waals surface area contributed by atoms with E-state index >= 15 is 0 Å². The van der Waals surface area contributed by atoms with Gasteiger partial charge in [-0.05, 0) is 30.5 Å². The van der Waals surface area contributed by atoms with Crippen LogP contribution in [0, 0.1) is 0 Å². The fraction of sp³-hybridized carbons (Fsp3) is 0.222. The largest absolute Gasteiger partial charge is 0.454 e. The van der Waals surface area contributed by atoms with Crippen molar-refractivity contribution in [3.8, 4) is 11.5 Å². The minimum atomic E-state index is -0.122. The van der Waals surface area contributed by atoms with Gasteiger partial charge in [0.1, 0.15) is 0 Å². The Labute approximate surface area is 138 Å². The maximum absolute atomic E-state index is 5.88. The highest BCUT2D eigenvalue weighted by Crippen LogP contribution is 2.53. The summed E-state index contributed by atoms with van der Waals surface area (Å²) in [7, 11) is 0. The van der Waals surface area contributed by atoms with Crippen LogP contribution < -0.4 is 14.8 Å². The van der Waals surface area contributed by atoms with Crippen LogP contribution in [0.15, 0.2) is 52.9 Å². The second-order valence-corrected chi connectivity index (χ2v) is 6.05. The highest BCUT2D eigenvalue weighted by atomic mass is 16.7. The van der Waals surface area contributed by atoms with Gasteiger partial charge in [0.25, 0.3) is 0 Å². The van der Waals surface area contributed by atoms with Crippen LogP contribution in [-0.4, -0.2) is 17.0 Å². The highest BCUT2D eigenvalue weighted by Gasteiger charge is 2.50. The van der Waals surface area contributed by atoms with Crippen LogP contribution in [-0.2, 0) is 5.41 Å². The van der Waals surface area contributed by atoms with E-state index < -0.39 is 0 Å². The molecule has 1 saturated carbocycles. The van der Waals surface area contributed by atoms with E-state index in [0.717, 1.165) is 24.3 Å². The van der Waals surface area contributed by atoms with Crippen LogP contribution in [0.5, 0.6) is 11.5 Å². The molecule has 120 valence electrons. The van der Waals surface area contributed by atoms with Crippen LogP contribution in [0.2, 0.25) is 0 Å². The molecule has 2 aromatic carbocycles. The quantitative estimate of drug-likeness (QED) is 0.791. The first-order valence-corrected chi connectivity index (χ1v) is 7.90. The molecular formula is C18H15N3O3. The van der Waals surface area contributed by atoms with Crippen molar-refractivity contribution >= 4 is 11.7 Å². The van der Waals surface area contributed by atoms with Crippen molar-refractivity contribution in [3.63, 3.8) is 0 Å². The van der Waals surface area contributed by atoms with Gasteiger partial charge in [-0.3, -0.25) is 0 Å². The van der Waals surface area contributed by atoms with Crippen molar-refractivity contribution in [2.45, 2.75) is 18.3 Å². The van der Waals surface area contributed by atoms with Crippen molar-refractivity contribution in [2.24, 2.45) is 0 Å². The summed E-state index contributed by atoms with van der Waals surface area (Å²) in [5.74, 6) is 2.12. The Morgan fingerprint density at radius 3 is 2.58 bits per heavy atom. The predicted octanol–water partition coefficient (Wildman–Crippen LogP) is 3.62.